The van der Waals surface area contributed by atoms with E-state index in [4.69, 9.17) is 10.4 Å². The van der Waals surface area contributed by atoms with Crippen LogP contribution in [0.2, 0.25) is 0 Å². The lowest BCUT2D eigenvalue weighted by Gasteiger charge is -2.37. The summed E-state index contributed by atoms with van der Waals surface area (Å²) in [6.07, 6.45) is -5.01. The third-order valence-corrected chi connectivity index (χ3v) is 4.50. The Labute approximate surface area is 153 Å². The molecule has 140 valence electrons. The molecule has 1 aliphatic rings. The minimum absolute atomic E-state index is 0.170. The van der Waals surface area contributed by atoms with Gasteiger partial charge in [0.15, 0.2) is 0 Å². The van der Waals surface area contributed by atoms with Crippen LogP contribution in [0.1, 0.15) is 16.7 Å². The number of alkyl halides is 3. The number of hydrogen-bond donors (Lipinski definition) is 2. The third-order valence-electron chi connectivity index (χ3n) is 4.50. The minimum Gasteiger partial charge on any atom is -0.465 e. The highest BCUT2D eigenvalue weighted by Crippen LogP contribution is 2.37. The summed E-state index contributed by atoms with van der Waals surface area (Å²) < 4.78 is 38.5. The first-order valence-electron chi connectivity index (χ1n) is 8.21. The Balaban J connectivity index is 2.03. The lowest BCUT2D eigenvalue weighted by atomic mass is 9.91. The number of anilines is 2. The average molecular weight is 375 g/mol. The molecule has 0 spiro atoms. The largest absolute Gasteiger partial charge is 0.465 e. The van der Waals surface area contributed by atoms with Crippen molar-refractivity contribution in [2.24, 2.45) is 0 Å². The molecule has 0 aliphatic carbocycles. The lowest BCUT2D eigenvalue weighted by molar-refractivity contribution is -0.137. The zero-order valence-corrected chi connectivity index (χ0v) is 14.1. The van der Waals surface area contributed by atoms with Gasteiger partial charge in [-0.15, -0.1) is 0 Å². The SMILES string of the molecule is N#CCc1cccc2c1CC(NC(=O)O)CN2c1ccc(C(F)(F)F)cc1. The fraction of sp³-hybridized carbons (Fsp3) is 0.263. The van der Waals surface area contributed by atoms with E-state index in [1.165, 1.54) is 12.1 Å². The van der Waals surface area contributed by atoms with Crippen LogP contribution in [0.4, 0.5) is 29.3 Å². The zero-order valence-electron chi connectivity index (χ0n) is 14.1. The molecular formula is C19H16F3N3O2. The summed E-state index contributed by atoms with van der Waals surface area (Å²) in [5.74, 6) is 0. The summed E-state index contributed by atoms with van der Waals surface area (Å²) in [5, 5.41) is 20.5. The van der Waals surface area contributed by atoms with Gasteiger partial charge in [-0.1, -0.05) is 12.1 Å². The third kappa shape index (κ3) is 3.97. The van der Waals surface area contributed by atoms with Gasteiger partial charge in [0.05, 0.1) is 24.1 Å². The normalized spacial score (nSPS) is 16.4. The van der Waals surface area contributed by atoms with Crippen molar-refractivity contribution in [1.82, 2.24) is 5.32 Å². The maximum Gasteiger partial charge on any atom is 0.416 e. The highest BCUT2D eigenvalue weighted by molar-refractivity contribution is 5.72. The van der Waals surface area contributed by atoms with Gasteiger partial charge in [-0.3, -0.25) is 0 Å². The Bertz CT molecular complexity index is 889. The van der Waals surface area contributed by atoms with Crippen LogP contribution in [0.5, 0.6) is 0 Å². The molecule has 0 bridgehead atoms. The Kier molecular flexibility index (Phi) is 4.95. The van der Waals surface area contributed by atoms with E-state index in [2.05, 4.69) is 11.4 Å². The molecule has 8 heteroatoms. The van der Waals surface area contributed by atoms with Crippen molar-refractivity contribution in [3.63, 3.8) is 0 Å². The van der Waals surface area contributed by atoms with Crippen molar-refractivity contribution in [3.05, 3.63) is 59.2 Å². The maximum absolute atomic E-state index is 12.8. The van der Waals surface area contributed by atoms with Crippen LogP contribution >= 0.6 is 0 Å². The predicted molar refractivity (Wildman–Crippen MR) is 92.9 cm³/mol. The molecule has 1 unspecified atom stereocenters. The number of amides is 1. The fourth-order valence-corrected chi connectivity index (χ4v) is 3.34. The molecule has 3 rings (SSSR count). The van der Waals surface area contributed by atoms with Gasteiger partial charge >= 0.3 is 12.3 Å². The van der Waals surface area contributed by atoms with Gasteiger partial charge in [0.25, 0.3) is 0 Å². The second-order valence-corrected chi connectivity index (χ2v) is 6.26. The van der Waals surface area contributed by atoms with Crippen molar-refractivity contribution in [2.45, 2.75) is 25.1 Å². The van der Waals surface area contributed by atoms with Crippen LogP contribution in [0, 0.1) is 11.3 Å². The molecule has 0 aromatic heterocycles. The van der Waals surface area contributed by atoms with Crippen LogP contribution in [0.3, 0.4) is 0 Å². The lowest BCUT2D eigenvalue weighted by Crippen LogP contribution is -2.46. The standard InChI is InChI=1S/C19H16F3N3O2/c20-19(21,22)13-4-6-15(7-5-13)25-11-14(24-18(26)27)10-16-12(8-9-23)2-1-3-17(16)25/h1-7,14,24H,8,10-11H2,(H,26,27). The number of nitriles is 1. The number of fused-ring (bicyclic) bond motifs is 1. The van der Waals surface area contributed by atoms with Crippen molar-refractivity contribution in [2.75, 3.05) is 11.4 Å². The molecule has 1 heterocycles. The number of halogens is 3. The van der Waals surface area contributed by atoms with Crippen LogP contribution < -0.4 is 10.2 Å². The molecule has 0 radical (unpaired) electrons. The Morgan fingerprint density at radius 1 is 1.26 bits per heavy atom. The summed E-state index contributed by atoms with van der Waals surface area (Å²) >= 11 is 0. The second kappa shape index (κ2) is 7.19. The monoisotopic (exact) mass is 375 g/mol. The second-order valence-electron chi connectivity index (χ2n) is 6.26. The van der Waals surface area contributed by atoms with Crippen molar-refractivity contribution in [3.8, 4) is 6.07 Å². The van der Waals surface area contributed by atoms with E-state index < -0.39 is 23.9 Å². The van der Waals surface area contributed by atoms with E-state index in [0.717, 1.165) is 28.9 Å². The van der Waals surface area contributed by atoms with Crippen molar-refractivity contribution < 1.29 is 23.1 Å². The molecular weight excluding hydrogens is 359 g/mol. The summed E-state index contributed by atoms with van der Waals surface area (Å²) in [5.41, 5.74) is 2.15. The predicted octanol–water partition coefficient (Wildman–Crippen LogP) is 4.10. The van der Waals surface area contributed by atoms with Crippen LogP contribution in [0.15, 0.2) is 42.5 Å². The maximum atomic E-state index is 12.8. The Morgan fingerprint density at radius 3 is 2.56 bits per heavy atom. The number of rotatable bonds is 3. The molecule has 5 nitrogen and oxygen atoms in total. The summed E-state index contributed by atoms with van der Waals surface area (Å²) in [6.45, 7) is 0.278. The van der Waals surface area contributed by atoms with Gasteiger partial charge < -0.3 is 15.3 Å². The van der Waals surface area contributed by atoms with E-state index in [1.54, 1.807) is 17.0 Å². The van der Waals surface area contributed by atoms with E-state index in [9.17, 15) is 18.0 Å². The number of benzene rings is 2. The Morgan fingerprint density at radius 2 is 1.96 bits per heavy atom. The molecule has 1 aliphatic heterocycles. The van der Waals surface area contributed by atoms with E-state index in [0.29, 0.717) is 12.1 Å². The Hall–Kier alpha value is -3.21. The van der Waals surface area contributed by atoms with Crippen LogP contribution in [-0.2, 0) is 19.0 Å². The van der Waals surface area contributed by atoms with Gasteiger partial charge in [-0.05, 0) is 47.9 Å². The molecule has 0 saturated carbocycles. The molecule has 2 aromatic rings. The number of carbonyl (C=O) groups is 1. The van der Waals surface area contributed by atoms with Crippen LogP contribution in [-0.4, -0.2) is 23.8 Å². The molecule has 0 fully saturated rings. The van der Waals surface area contributed by atoms with Crippen LogP contribution in [0.25, 0.3) is 0 Å². The summed E-state index contributed by atoms with van der Waals surface area (Å²) in [4.78, 5) is 12.9. The number of nitrogens with zero attached hydrogens (tertiary/aromatic N) is 2. The fourth-order valence-electron chi connectivity index (χ4n) is 3.34. The average Bonchev–Trinajstić information content (AvgIpc) is 2.61. The van der Waals surface area contributed by atoms with Gasteiger partial charge in [-0.25, -0.2) is 4.79 Å². The van der Waals surface area contributed by atoms with Gasteiger partial charge in [0, 0.05) is 17.9 Å². The molecule has 27 heavy (non-hydrogen) atoms. The summed E-state index contributed by atoms with van der Waals surface area (Å²) in [6, 6.07) is 11.8. The highest BCUT2D eigenvalue weighted by Gasteiger charge is 2.31. The first-order valence-corrected chi connectivity index (χ1v) is 8.21. The van der Waals surface area contributed by atoms with Gasteiger partial charge in [0.2, 0.25) is 0 Å². The molecule has 0 saturated heterocycles. The van der Waals surface area contributed by atoms with Crippen molar-refractivity contribution >= 4 is 17.5 Å². The van der Waals surface area contributed by atoms with E-state index in [-0.39, 0.29) is 13.0 Å². The topological polar surface area (TPSA) is 76.4 Å². The van der Waals surface area contributed by atoms with Crippen molar-refractivity contribution in [1.29, 1.82) is 5.26 Å². The number of hydrogen-bond acceptors (Lipinski definition) is 3. The molecule has 1 amide bonds. The van der Waals surface area contributed by atoms with E-state index >= 15 is 0 Å². The number of carboxylic acid groups (broad SMARTS) is 1. The minimum atomic E-state index is -4.42. The first-order chi connectivity index (χ1) is 12.8. The van der Waals surface area contributed by atoms with Gasteiger partial charge in [-0.2, -0.15) is 18.4 Å². The molecule has 2 aromatic carbocycles. The van der Waals surface area contributed by atoms with E-state index in [1.807, 2.05) is 6.07 Å². The zero-order chi connectivity index (χ0) is 19.6. The highest BCUT2D eigenvalue weighted by atomic mass is 19.4. The first kappa shape index (κ1) is 18.6. The number of nitrogens with one attached hydrogen (secondary N) is 1. The smallest absolute Gasteiger partial charge is 0.416 e. The quantitative estimate of drug-likeness (QED) is 0.847. The summed E-state index contributed by atoms with van der Waals surface area (Å²) in [7, 11) is 0. The molecule has 1 atom stereocenters. The molecule has 2 N–H and O–H groups in total. The van der Waals surface area contributed by atoms with Gasteiger partial charge in [0.1, 0.15) is 0 Å².